The third-order valence-electron chi connectivity index (χ3n) is 3.53. The van der Waals surface area contributed by atoms with Gasteiger partial charge in [0.15, 0.2) is 17.5 Å². The van der Waals surface area contributed by atoms with Gasteiger partial charge >= 0.3 is 0 Å². The molecule has 0 aliphatic heterocycles. The van der Waals surface area contributed by atoms with Gasteiger partial charge in [0.1, 0.15) is 5.82 Å². The molecule has 0 saturated heterocycles. The van der Waals surface area contributed by atoms with Crippen molar-refractivity contribution in [3.05, 3.63) is 59.2 Å². The Kier molecular flexibility index (Phi) is 3.68. The molecule has 0 radical (unpaired) electrons. The van der Waals surface area contributed by atoms with Gasteiger partial charge in [-0.3, -0.25) is 0 Å². The van der Waals surface area contributed by atoms with Crippen LogP contribution in [0.5, 0.6) is 0 Å². The quantitative estimate of drug-likeness (QED) is 0.659. The van der Waals surface area contributed by atoms with E-state index in [-0.39, 0.29) is 11.1 Å². The van der Waals surface area contributed by atoms with E-state index < -0.39 is 23.3 Å². The number of hydrogen-bond acceptors (Lipinski definition) is 1. The summed E-state index contributed by atoms with van der Waals surface area (Å²) in [7, 11) is 0. The second-order valence-corrected chi connectivity index (χ2v) is 5.19. The summed E-state index contributed by atoms with van der Waals surface area (Å²) in [6.07, 6.45) is 2.23. The Bertz CT molecular complexity index is 680. The van der Waals surface area contributed by atoms with Gasteiger partial charge in [0.05, 0.1) is 0 Å². The molecule has 1 N–H and O–H groups in total. The molecule has 0 bridgehead atoms. The first-order chi connectivity index (χ1) is 10.1. The molecule has 0 atom stereocenters. The average molecular weight is 295 g/mol. The van der Waals surface area contributed by atoms with Crippen molar-refractivity contribution in [2.75, 3.05) is 0 Å². The molecule has 2 aromatic carbocycles. The molecule has 1 fully saturated rings. The Morgan fingerprint density at radius 2 is 1.57 bits per heavy atom. The molecule has 0 amide bonds. The molecular formula is C16H13F4N. The molecule has 5 heteroatoms. The highest BCUT2D eigenvalue weighted by atomic mass is 19.2. The van der Waals surface area contributed by atoms with Crippen LogP contribution in [0.4, 0.5) is 17.6 Å². The molecule has 3 rings (SSSR count). The smallest absolute Gasteiger partial charge is 0.195 e. The molecule has 110 valence electrons. The zero-order valence-corrected chi connectivity index (χ0v) is 11.1. The summed E-state index contributed by atoms with van der Waals surface area (Å²) >= 11 is 0. The molecule has 0 aromatic heterocycles. The topological polar surface area (TPSA) is 12.0 Å². The van der Waals surface area contributed by atoms with Crippen molar-refractivity contribution in [1.82, 2.24) is 5.32 Å². The SMILES string of the molecule is Fc1ccc(CNC2CC2)cc1-c1ccc(F)c(F)c1F. The van der Waals surface area contributed by atoms with E-state index in [1.807, 2.05) is 0 Å². The summed E-state index contributed by atoms with van der Waals surface area (Å²) in [6, 6.07) is 6.58. The van der Waals surface area contributed by atoms with Gasteiger partial charge in [-0.1, -0.05) is 6.07 Å². The maximum absolute atomic E-state index is 13.9. The summed E-state index contributed by atoms with van der Waals surface area (Å²) in [6.45, 7) is 0.531. The summed E-state index contributed by atoms with van der Waals surface area (Å²) in [5.41, 5.74) is 0.420. The van der Waals surface area contributed by atoms with Crippen LogP contribution in [-0.4, -0.2) is 6.04 Å². The van der Waals surface area contributed by atoms with Gasteiger partial charge in [0.25, 0.3) is 0 Å². The van der Waals surface area contributed by atoms with Crippen LogP contribution in [0.3, 0.4) is 0 Å². The highest BCUT2D eigenvalue weighted by Gasteiger charge is 2.21. The first-order valence-electron chi connectivity index (χ1n) is 6.72. The summed E-state index contributed by atoms with van der Waals surface area (Å²) in [4.78, 5) is 0. The lowest BCUT2D eigenvalue weighted by Crippen LogP contribution is -2.15. The molecule has 1 nitrogen and oxygen atoms in total. The van der Waals surface area contributed by atoms with Crippen LogP contribution < -0.4 is 5.32 Å². The van der Waals surface area contributed by atoms with Crippen LogP contribution in [-0.2, 0) is 6.54 Å². The van der Waals surface area contributed by atoms with Crippen molar-refractivity contribution >= 4 is 0 Å². The zero-order valence-electron chi connectivity index (χ0n) is 11.1. The molecule has 1 aliphatic carbocycles. The predicted octanol–water partition coefficient (Wildman–Crippen LogP) is 4.16. The summed E-state index contributed by atoms with van der Waals surface area (Å²) in [5.74, 6) is -4.92. The summed E-state index contributed by atoms with van der Waals surface area (Å²) < 4.78 is 53.9. The molecule has 0 spiro atoms. The highest BCUT2D eigenvalue weighted by Crippen LogP contribution is 2.29. The second kappa shape index (κ2) is 5.48. The minimum absolute atomic E-state index is 0.0681. The number of nitrogens with one attached hydrogen (secondary N) is 1. The van der Waals surface area contributed by atoms with E-state index in [9.17, 15) is 17.6 Å². The van der Waals surface area contributed by atoms with E-state index in [1.54, 1.807) is 6.07 Å². The Hall–Kier alpha value is -1.88. The normalized spacial score (nSPS) is 14.5. The van der Waals surface area contributed by atoms with Crippen LogP contribution in [0.2, 0.25) is 0 Å². The van der Waals surface area contributed by atoms with Crippen LogP contribution >= 0.6 is 0 Å². The fourth-order valence-corrected chi connectivity index (χ4v) is 2.17. The molecule has 21 heavy (non-hydrogen) atoms. The lowest BCUT2D eigenvalue weighted by atomic mass is 10.0. The molecular weight excluding hydrogens is 282 g/mol. The molecule has 0 heterocycles. The Morgan fingerprint density at radius 3 is 2.29 bits per heavy atom. The van der Waals surface area contributed by atoms with Crippen molar-refractivity contribution in [2.45, 2.75) is 25.4 Å². The minimum Gasteiger partial charge on any atom is -0.310 e. The van der Waals surface area contributed by atoms with E-state index in [4.69, 9.17) is 0 Å². The zero-order chi connectivity index (χ0) is 15.0. The maximum Gasteiger partial charge on any atom is 0.195 e. The molecule has 2 aromatic rings. The average Bonchev–Trinajstić information content (AvgIpc) is 3.29. The molecule has 0 unspecified atom stereocenters. The van der Waals surface area contributed by atoms with E-state index in [0.717, 1.165) is 30.5 Å². The Morgan fingerprint density at radius 1 is 0.857 bits per heavy atom. The first kappa shape index (κ1) is 14.1. The number of hydrogen-bond donors (Lipinski definition) is 1. The van der Waals surface area contributed by atoms with Crippen LogP contribution in [0.1, 0.15) is 18.4 Å². The minimum atomic E-state index is -1.59. The van der Waals surface area contributed by atoms with Crippen molar-refractivity contribution in [2.24, 2.45) is 0 Å². The van der Waals surface area contributed by atoms with Gasteiger partial charge in [-0.05, 0) is 42.7 Å². The lowest BCUT2D eigenvalue weighted by molar-refractivity contribution is 0.448. The fraction of sp³-hybridized carbons (Fsp3) is 0.250. The van der Waals surface area contributed by atoms with Crippen LogP contribution in [0.25, 0.3) is 11.1 Å². The Labute approximate surface area is 119 Å². The summed E-state index contributed by atoms with van der Waals surface area (Å²) in [5, 5.41) is 3.26. The van der Waals surface area contributed by atoms with Gasteiger partial charge in [0, 0.05) is 23.7 Å². The predicted molar refractivity (Wildman–Crippen MR) is 71.6 cm³/mol. The van der Waals surface area contributed by atoms with E-state index in [0.29, 0.717) is 12.6 Å². The standard InChI is InChI=1S/C16H13F4N/c17-13-5-1-9(8-21-10-2-3-10)7-12(13)11-4-6-14(18)16(20)15(11)19/h1,4-7,10,21H,2-3,8H2. The number of rotatable bonds is 4. The van der Waals surface area contributed by atoms with Gasteiger partial charge in [-0.15, -0.1) is 0 Å². The number of benzene rings is 2. The maximum atomic E-state index is 13.9. The van der Waals surface area contributed by atoms with Crippen molar-refractivity contribution in [3.63, 3.8) is 0 Å². The second-order valence-electron chi connectivity index (χ2n) is 5.19. The van der Waals surface area contributed by atoms with Crippen molar-refractivity contribution in [3.8, 4) is 11.1 Å². The van der Waals surface area contributed by atoms with Crippen LogP contribution in [0, 0.1) is 23.3 Å². The van der Waals surface area contributed by atoms with Crippen molar-refractivity contribution < 1.29 is 17.6 Å². The van der Waals surface area contributed by atoms with E-state index in [1.165, 1.54) is 12.1 Å². The highest BCUT2D eigenvalue weighted by molar-refractivity contribution is 5.65. The first-order valence-corrected chi connectivity index (χ1v) is 6.72. The lowest BCUT2D eigenvalue weighted by Gasteiger charge is -2.09. The molecule has 1 saturated carbocycles. The van der Waals surface area contributed by atoms with E-state index in [2.05, 4.69) is 5.32 Å². The number of halogens is 4. The molecule has 1 aliphatic rings. The van der Waals surface area contributed by atoms with Gasteiger partial charge < -0.3 is 5.32 Å². The Balaban J connectivity index is 1.96. The van der Waals surface area contributed by atoms with Crippen LogP contribution in [0.15, 0.2) is 30.3 Å². The fourth-order valence-electron chi connectivity index (χ4n) is 2.17. The monoisotopic (exact) mass is 295 g/mol. The third kappa shape index (κ3) is 2.93. The van der Waals surface area contributed by atoms with Gasteiger partial charge in [0.2, 0.25) is 0 Å². The largest absolute Gasteiger partial charge is 0.310 e. The third-order valence-corrected chi connectivity index (χ3v) is 3.53. The van der Waals surface area contributed by atoms with Gasteiger partial charge in [-0.25, -0.2) is 17.6 Å². The van der Waals surface area contributed by atoms with Gasteiger partial charge in [-0.2, -0.15) is 0 Å². The van der Waals surface area contributed by atoms with E-state index >= 15 is 0 Å². The van der Waals surface area contributed by atoms with Crippen molar-refractivity contribution in [1.29, 1.82) is 0 Å².